The van der Waals surface area contributed by atoms with E-state index in [1.165, 1.54) is 6.42 Å². The lowest BCUT2D eigenvalue weighted by atomic mass is 10.1. The average molecular weight is 159 g/mol. The van der Waals surface area contributed by atoms with Gasteiger partial charge in [-0.25, -0.2) is 0 Å². The summed E-state index contributed by atoms with van der Waals surface area (Å²) in [7, 11) is 0. The highest BCUT2D eigenvalue weighted by molar-refractivity contribution is 5.86. The van der Waals surface area contributed by atoms with Gasteiger partial charge in [0.15, 0.2) is 0 Å². The van der Waals surface area contributed by atoms with Crippen LogP contribution in [0.25, 0.3) is 0 Å². The SMILES string of the molecule is N#Cc1cccc([CH]C(N)=O)c1. The lowest BCUT2D eigenvalue weighted by Gasteiger charge is -1.95. The topological polar surface area (TPSA) is 66.9 Å². The molecule has 0 aliphatic rings. The number of hydrogen-bond acceptors (Lipinski definition) is 2. The Labute approximate surface area is 70.4 Å². The monoisotopic (exact) mass is 159 g/mol. The van der Waals surface area contributed by atoms with Crippen molar-refractivity contribution in [1.29, 1.82) is 5.26 Å². The minimum absolute atomic E-state index is 0.509. The van der Waals surface area contributed by atoms with Crippen LogP contribution < -0.4 is 5.73 Å². The van der Waals surface area contributed by atoms with Crippen molar-refractivity contribution in [2.75, 3.05) is 0 Å². The van der Waals surface area contributed by atoms with Gasteiger partial charge in [-0.3, -0.25) is 4.79 Å². The molecule has 0 aliphatic carbocycles. The molecule has 0 atom stereocenters. The fourth-order valence-electron chi connectivity index (χ4n) is 0.862. The smallest absolute Gasteiger partial charge is 0.226 e. The summed E-state index contributed by atoms with van der Waals surface area (Å²) in [5, 5.41) is 8.52. The number of hydrogen-bond donors (Lipinski definition) is 1. The highest BCUT2D eigenvalue weighted by Crippen LogP contribution is 2.05. The van der Waals surface area contributed by atoms with Crippen LogP contribution in [0.2, 0.25) is 0 Å². The van der Waals surface area contributed by atoms with Crippen LogP contribution in [0, 0.1) is 17.8 Å². The van der Waals surface area contributed by atoms with Crippen LogP contribution in [-0.2, 0) is 4.79 Å². The Morgan fingerprint density at radius 2 is 2.33 bits per heavy atom. The largest absolute Gasteiger partial charge is 0.369 e. The Hall–Kier alpha value is -1.82. The molecule has 0 fully saturated rings. The first-order valence-electron chi connectivity index (χ1n) is 3.37. The highest BCUT2D eigenvalue weighted by Gasteiger charge is 1.99. The normalized spacial score (nSPS) is 8.92. The molecule has 1 aromatic carbocycles. The van der Waals surface area contributed by atoms with E-state index < -0.39 is 5.91 Å². The zero-order valence-electron chi connectivity index (χ0n) is 6.32. The fraction of sp³-hybridized carbons (Fsp3) is 0. The molecule has 0 unspecified atom stereocenters. The molecule has 0 bridgehead atoms. The summed E-state index contributed by atoms with van der Waals surface area (Å²) in [6.07, 6.45) is 1.28. The predicted octanol–water partition coefficient (Wildman–Crippen LogP) is 0.596. The van der Waals surface area contributed by atoms with Crippen molar-refractivity contribution in [1.82, 2.24) is 0 Å². The third-order valence-corrected chi connectivity index (χ3v) is 1.32. The zero-order valence-corrected chi connectivity index (χ0v) is 6.32. The van der Waals surface area contributed by atoms with E-state index in [1.54, 1.807) is 24.3 Å². The number of nitrogens with two attached hydrogens (primary N) is 1. The van der Waals surface area contributed by atoms with Crippen LogP contribution in [-0.4, -0.2) is 5.91 Å². The Morgan fingerprint density at radius 3 is 2.92 bits per heavy atom. The molecule has 59 valence electrons. The maximum absolute atomic E-state index is 10.5. The van der Waals surface area contributed by atoms with Gasteiger partial charge in [0.1, 0.15) is 0 Å². The molecule has 3 nitrogen and oxygen atoms in total. The van der Waals surface area contributed by atoms with Crippen molar-refractivity contribution >= 4 is 5.91 Å². The van der Waals surface area contributed by atoms with Crippen LogP contribution in [0.5, 0.6) is 0 Å². The predicted molar refractivity (Wildman–Crippen MR) is 43.8 cm³/mol. The van der Waals surface area contributed by atoms with Crippen LogP contribution >= 0.6 is 0 Å². The van der Waals surface area contributed by atoms with E-state index in [0.29, 0.717) is 11.1 Å². The second-order valence-electron chi connectivity index (χ2n) is 2.28. The van der Waals surface area contributed by atoms with Crippen molar-refractivity contribution in [2.24, 2.45) is 5.73 Å². The minimum Gasteiger partial charge on any atom is -0.369 e. The second-order valence-corrected chi connectivity index (χ2v) is 2.28. The number of carbonyl (C=O) groups excluding carboxylic acids is 1. The average Bonchev–Trinajstić information content (AvgIpc) is 2.03. The number of nitrogens with zero attached hydrogens (tertiary/aromatic N) is 1. The molecule has 3 heteroatoms. The molecule has 0 saturated heterocycles. The van der Waals surface area contributed by atoms with Crippen molar-refractivity contribution in [3.63, 3.8) is 0 Å². The van der Waals surface area contributed by atoms with Crippen LogP contribution in [0.15, 0.2) is 24.3 Å². The third-order valence-electron chi connectivity index (χ3n) is 1.32. The quantitative estimate of drug-likeness (QED) is 0.686. The first kappa shape index (κ1) is 8.28. The summed E-state index contributed by atoms with van der Waals surface area (Å²) in [4.78, 5) is 10.5. The first-order valence-corrected chi connectivity index (χ1v) is 3.37. The summed E-state index contributed by atoms with van der Waals surface area (Å²) < 4.78 is 0. The van der Waals surface area contributed by atoms with E-state index in [1.807, 2.05) is 6.07 Å². The number of primary amides is 1. The van der Waals surface area contributed by atoms with E-state index in [0.717, 1.165) is 0 Å². The first-order chi connectivity index (χ1) is 5.72. The maximum atomic E-state index is 10.5. The molecular weight excluding hydrogens is 152 g/mol. The van der Waals surface area contributed by atoms with Gasteiger partial charge in [-0.1, -0.05) is 12.1 Å². The van der Waals surface area contributed by atoms with E-state index in [9.17, 15) is 4.79 Å². The van der Waals surface area contributed by atoms with Gasteiger partial charge in [-0.15, -0.1) is 0 Å². The van der Waals surface area contributed by atoms with Gasteiger partial charge in [0, 0.05) is 0 Å². The van der Waals surface area contributed by atoms with Crippen LogP contribution in [0.3, 0.4) is 0 Å². The van der Waals surface area contributed by atoms with Crippen LogP contribution in [0.4, 0.5) is 0 Å². The molecule has 1 aromatic rings. The van der Waals surface area contributed by atoms with Crippen molar-refractivity contribution in [3.8, 4) is 6.07 Å². The molecule has 1 rings (SSSR count). The highest BCUT2D eigenvalue weighted by atomic mass is 16.1. The molecular formula is C9H7N2O. The van der Waals surface area contributed by atoms with E-state index >= 15 is 0 Å². The number of nitriles is 1. The Balaban J connectivity index is 2.88. The minimum atomic E-state index is -0.509. The molecule has 0 heterocycles. The summed E-state index contributed by atoms with van der Waals surface area (Å²) in [6, 6.07) is 8.65. The van der Waals surface area contributed by atoms with Gasteiger partial charge >= 0.3 is 0 Å². The molecule has 12 heavy (non-hydrogen) atoms. The summed E-state index contributed by atoms with van der Waals surface area (Å²) in [6.45, 7) is 0. The zero-order chi connectivity index (χ0) is 8.97. The molecule has 0 aromatic heterocycles. The van der Waals surface area contributed by atoms with Gasteiger partial charge < -0.3 is 5.73 Å². The number of carbonyl (C=O) groups is 1. The summed E-state index contributed by atoms with van der Waals surface area (Å²) in [5.41, 5.74) is 6.11. The number of amides is 1. The van der Waals surface area contributed by atoms with Crippen molar-refractivity contribution < 1.29 is 4.79 Å². The Kier molecular flexibility index (Phi) is 2.44. The third kappa shape index (κ3) is 2.10. The van der Waals surface area contributed by atoms with E-state index in [-0.39, 0.29) is 0 Å². The molecule has 0 saturated carbocycles. The molecule has 1 amide bonds. The number of benzene rings is 1. The lowest BCUT2D eigenvalue weighted by Crippen LogP contribution is -2.11. The van der Waals surface area contributed by atoms with Gasteiger partial charge in [-0.05, 0) is 17.7 Å². The van der Waals surface area contributed by atoms with Gasteiger partial charge in [0.2, 0.25) is 5.91 Å². The lowest BCUT2D eigenvalue weighted by molar-refractivity contribution is -0.114. The fourth-order valence-corrected chi connectivity index (χ4v) is 0.862. The molecule has 0 spiro atoms. The Bertz CT molecular complexity index is 339. The van der Waals surface area contributed by atoms with Crippen LogP contribution in [0.1, 0.15) is 11.1 Å². The molecule has 0 aliphatic heterocycles. The van der Waals surface area contributed by atoms with Gasteiger partial charge in [0.25, 0.3) is 0 Å². The summed E-state index contributed by atoms with van der Waals surface area (Å²) in [5.74, 6) is -0.509. The van der Waals surface area contributed by atoms with Crippen molar-refractivity contribution in [3.05, 3.63) is 41.8 Å². The molecule has 2 N–H and O–H groups in total. The number of rotatable bonds is 2. The summed E-state index contributed by atoms with van der Waals surface area (Å²) >= 11 is 0. The van der Waals surface area contributed by atoms with E-state index in [4.69, 9.17) is 11.0 Å². The Morgan fingerprint density at radius 1 is 1.58 bits per heavy atom. The standard InChI is InChI=1S/C9H7N2O/c10-6-8-3-1-2-7(4-8)5-9(11)12/h1-5H,(H2,11,12). The van der Waals surface area contributed by atoms with Gasteiger partial charge in [0.05, 0.1) is 18.1 Å². The molecule has 1 radical (unpaired) electrons. The second kappa shape index (κ2) is 3.54. The van der Waals surface area contributed by atoms with Crippen molar-refractivity contribution in [2.45, 2.75) is 0 Å². The maximum Gasteiger partial charge on any atom is 0.226 e. The van der Waals surface area contributed by atoms with E-state index in [2.05, 4.69) is 0 Å². The van der Waals surface area contributed by atoms with Gasteiger partial charge in [-0.2, -0.15) is 5.26 Å².